The summed E-state index contributed by atoms with van der Waals surface area (Å²) in [6.07, 6.45) is 1.36. The summed E-state index contributed by atoms with van der Waals surface area (Å²) in [4.78, 5) is 16.5. The molecule has 0 atom stereocenters. The van der Waals surface area contributed by atoms with Gasteiger partial charge in [0.15, 0.2) is 5.75 Å². The fourth-order valence-corrected chi connectivity index (χ4v) is 2.45. The SMILES string of the molecule is CCOC(=O)c1c(C)[nH]c(/C=C(/C#N)C(=N)N2CCOCC2)c1O. The zero-order chi connectivity index (χ0) is 17.7. The number of carbonyl (C=O) groups excluding carboxylic acids is 1. The van der Waals surface area contributed by atoms with Crippen molar-refractivity contribution in [1.82, 2.24) is 9.88 Å². The molecular weight excluding hydrogens is 312 g/mol. The van der Waals surface area contributed by atoms with Crippen LogP contribution in [0.3, 0.4) is 0 Å². The number of hydrogen-bond acceptors (Lipinski definition) is 6. The van der Waals surface area contributed by atoms with Crippen molar-refractivity contribution in [2.45, 2.75) is 13.8 Å². The first-order chi connectivity index (χ1) is 11.5. The summed E-state index contributed by atoms with van der Waals surface area (Å²) >= 11 is 0. The Morgan fingerprint density at radius 3 is 2.79 bits per heavy atom. The van der Waals surface area contributed by atoms with Gasteiger partial charge in [-0.25, -0.2) is 4.79 Å². The number of aromatic amines is 1. The smallest absolute Gasteiger partial charge is 0.343 e. The second-order valence-corrected chi connectivity index (χ2v) is 5.23. The first-order valence-corrected chi connectivity index (χ1v) is 7.61. The highest BCUT2D eigenvalue weighted by Crippen LogP contribution is 2.28. The quantitative estimate of drug-likeness (QED) is 0.332. The van der Waals surface area contributed by atoms with Gasteiger partial charge in [0.1, 0.15) is 17.5 Å². The monoisotopic (exact) mass is 332 g/mol. The summed E-state index contributed by atoms with van der Waals surface area (Å²) in [6, 6.07) is 1.96. The molecule has 1 aliphatic rings. The van der Waals surface area contributed by atoms with Crippen LogP contribution in [0.1, 0.15) is 28.7 Å². The maximum absolute atomic E-state index is 11.9. The molecule has 1 fully saturated rings. The van der Waals surface area contributed by atoms with Gasteiger partial charge in [-0.3, -0.25) is 5.41 Å². The zero-order valence-corrected chi connectivity index (χ0v) is 13.7. The van der Waals surface area contributed by atoms with Crippen LogP contribution in [0.25, 0.3) is 6.08 Å². The van der Waals surface area contributed by atoms with Crippen LogP contribution in [0, 0.1) is 23.7 Å². The topological polar surface area (TPSA) is 122 Å². The van der Waals surface area contributed by atoms with E-state index in [0.717, 1.165) is 0 Å². The Morgan fingerprint density at radius 2 is 2.21 bits per heavy atom. The average Bonchev–Trinajstić information content (AvgIpc) is 2.86. The van der Waals surface area contributed by atoms with Gasteiger partial charge >= 0.3 is 5.97 Å². The Kier molecular flexibility index (Phi) is 5.60. The molecule has 0 radical (unpaired) electrons. The maximum atomic E-state index is 11.9. The minimum atomic E-state index is -0.634. The van der Waals surface area contributed by atoms with Crippen molar-refractivity contribution in [2.75, 3.05) is 32.9 Å². The molecule has 0 saturated carbocycles. The maximum Gasteiger partial charge on any atom is 0.343 e. The van der Waals surface area contributed by atoms with E-state index in [1.54, 1.807) is 18.7 Å². The molecule has 128 valence electrons. The number of nitrogens with one attached hydrogen (secondary N) is 2. The molecule has 8 nitrogen and oxygen atoms in total. The van der Waals surface area contributed by atoms with Gasteiger partial charge in [-0.05, 0) is 19.9 Å². The van der Waals surface area contributed by atoms with E-state index in [1.807, 2.05) is 6.07 Å². The number of carbonyl (C=O) groups is 1. The van der Waals surface area contributed by atoms with Gasteiger partial charge in [-0.2, -0.15) is 5.26 Å². The number of aryl methyl sites for hydroxylation is 1. The minimum absolute atomic E-state index is 0.0401. The third-order valence-electron chi connectivity index (χ3n) is 3.66. The predicted octanol–water partition coefficient (Wildman–Crippen LogP) is 1.42. The average molecular weight is 332 g/mol. The lowest BCUT2D eigenvalue weighted by Crippen LogP contribution is -2.40. The third kappa shape index (κ3) is 3.58. The van der Waals surface area contributed by atoms with Crippen LogP contribution in [0.5, 0.6) is 5.75 Å². The van der Waals surface area contributed by atoms with Crippen LogP contribution < -0.4 is 0 Å². The molecule has 0 amide bonds. The molecule has 0 aliphatic carbocycles. The third-order valence-corrected chi connectivity index (χ3v) is 3.66. The van der Waals surface area contributed by atoms with Crippen LogP contribution in [0.2, 0.25) is 0 Å². The van der Waals surface area contributed by atoms with E-state index in [4.69, 9.17) is 14.9 Å². The Morgan fingerprint density at radius 1 is 1.54 bits per heavy atom. The number of hydrogen-bond donors (Lipinski definition) is 3. The van der Waals surface area contributed by atoms with Crippen LogP contribution in [-0.4, -0.2) is 59.7 Å². The highest BCUT2D eigenvalue weighted by atomic mass is 16.5. The lowest BCUT2D eigenvalue weighted by Gasteiger charge is -2.28. The van der Waals surface area contributed by atoms with E-state index in [2.05, 4.69) is 4.98 Å². The second-order valence-electron chi connectivity index (χ2n) is 5.23. The number of nitriles is 1. The number of ether oxygens (including phenoxy) is 2. The number of morpholine rings is 1. The molecular formula is C16H20N4O4. The number of H-pyrrole nitrogens is 1. The molecule has 0 aromatic carbocycles. The highest BCUT2D eigenvalue weighted by Gasteiger charge is 2.23. The molecule has 24 heavy (non-hydrogen) atoms. The first-order valence-electron chi connectivity index (χ1n) is 7.61. The van der Waals surface area contributed by atoms with Crippen molar-refractivity contribution in [1.29, 1.82) is 10.7 Å². The Balaban J connectivity index is 2.31. The summed E-state index contributed by atoms with van der Waals surface area (Å²) in [5, 5.41) is 27.8. The number of aromatic nitrogens is 1. The fraction of sp³-hybridized carbons (Fsp3) is 0.438. The predicted molar refractivity (Wildman–Crippen MR) is 86.9 cm³/mol. The van der Waals surface area contributed by atoms with Crippen molar-refractivity contribution in [2.24, 2.45) is 0 Å². The summed E-state index contributed by atoms with van der Waals surface area (Å²) in [5.41, 5.74) is 0.764. The van der Waals surface area contributed by atoms with Gasteiger partial charge < -0.3 is 24.5 Å². The molecule has 2 rings (SSSR count). The summed E-state index contributed by atoms with van der Waals surface area (Å²) < 4.78 is 10.1. The minimum Gasteiger partial charge on any atom is -0.505 e. The molecule has 1 aliphatic heterocycles. The van der Waals surface area contributed by atoms with Gasteiger partial charge in [0, 0.05) is 18.8 Å². The van der Waals surface area contributed by atoms with Crippen LogP contribution >= 0.6 is 0 Å². The zero-order valence-electron chi connectivity index (χ0n) is 13.7. The molecule has 0 bridgehead atoms. The van der Waals surface area contributed by atoms with Crippen LogP contribution in [0.4, 0.5) is 0 Å². The van der Waals surface area contributed by atoms with E-state index in [9.17, 15) is 15.2 Å². The van der Waals surface area contributed by atoms with E-state index in [1.165, 1.54) is 6.08 Å². The second kappa shape index (κ2) is 7.66. The van der Waals surface area contributed by atoms with Gasteiger partial charge in [0.2, 0.25) is 0 Å². The molecule has 1 aromatic rings. The molecule has 0 spiro atoms. The first kappa shape index (κ1) is 17.6. The van der Waals surface area contributed by atoms with E-state index >= 15 is 0 Å². The van der Waals surface area contributed by atoms with Crippen molar-refractivity contribution < 1.29 is 19.4 Å². The highest BCUT2D eigenvalue weighted by molar-refractivity contribution is 6.04. The van der Waals surface area contributed by atoms with E-state index in [0.29, 0.717) is 32.0 Å². The Labute approximate surface area is 139 Å². The molecule has 2 heterocycles. The molecule has 0 unspecified atom stereocenters. The fourth-order valence-electron chi connectivity index (χ4n) is 2.45. The molecule has 8 heteroatoms. The number of aromatic hydroxyl groups is 1. The van der Waals surface area contributed by atoms with E-state index in [-0.39, 0.29) is 35.0 Å². The molecule has 1 saturated heterocycles. The number of amidine groups is 1. The van der Waals surface area contributed by atoms with Crippen molar-refractivity contribution in [3.05, 3.63) is 22.5 Å². The summed E-state index contributed by atoms with van der Waals surface area (Å²) in [6.45, 7) is 5.56. The van der Waals surface area contributed by atoms with Gasteiger partial charge in [0.25, 0.3) is 0 Å². The Bertz CT molecular complexity index is 708. The Hall–Kier alpha value is -2.79. The summed E-state index contributed by atoms with van der Waals surface area (Å²) in [5.74, 6) is -0.858. The van der Waals surface area contributed by atoms with Gasteiger partial charge in [-0.15, -0.1) is 0 Å². The van der Waals surface area contributed by atoms with Gasteiger partial charge in [-0.1, -0.05) is 0 Å². The number of esters is 1. The van der Waals surface area contributed by atoms with E-state index < -0.39 is 5.97 Å². The largest absolute Gasteiger partial charge is 0.505 e. The van der Waals surface area contributed by atoms with Crippen LogP contribution in [-0.2, 0) is 9.47 Å². The van der Waals surface area contributed by atoms with Crippen molar-refractivity contribution in [3.63, 3.8) is 0 Å². The summed E-state index contributed by atoms with van der Waals surface area (Å²) in [7, 11) is 0. The number of nitrogens with zero attached hydrogens (tertiary/aromatic N) is 2. The van der Waals surface area contributed by atoms with Crippen molar-refractivity contribution in [3.8, 4) is 11.8 Å². The van der Waals surface area contributed by atoms with Gasteiger partial charge in [0.05, 0.1) is 31.1 Å². The lowest BCUT2D eigenvalue weighted by atomic mass is 10.1. The standard InChI is InChI=1S/C16H20N4O4/c1-3-24-16(22)13-10(2)19-12(14(13)21)8-11(9-17)15(18)20-4-6-23-7-5-20/h8,18-19,21H,3-7H2,1-2H3/b11-8-,18-15?. The van der Waals surface area contributed by atoms with Crippen molar-refractivity contribution >= 4 is 17.9 Å². The number of rotatable bonds is 4. The molecule has 1 aromatic heterocycles. The molecule has 3 N–H and O–H groups in total. The lowest BCUT2D eigenvalue weighted by molar-refractivity contribution is 0.0522. The normalized spacial score (nSPS) is 15.0. The van der Waals surface area contributed by atoms with Crippen LogP contribution in [0.15, 0.2) is 5.57 Å².